The van der Waals surface area contributed by atoms with Gasteiger partial charge in [-0.3, -0.25) is 0 Å². The van der Waals surface area contributed by atoms with Crippen LogP contribution in [-0.4, -0.2) is 39.8 Å². The molecule has 110 valence electrons. The first-order valence-electron chi connectivity index (χ1n) is 6.94. The van der Waals surface area contributed by atoms with Crippen LogP contribution < -0.4 is 5.32 Å². The molecule has 1 aromatic rings. The maximum absolute atomic E-state index is 12.1. The lowest BCUT2D eigenvalue weighted by Gasteiger charge is -2.35. The quantitative estimate of drug-likeness (QED) is 0.776. The van der Waals surface area contributed by atoms with Crippen LogP contribution in [0.1, 0.15) is 38.4 Å². The molecule has 0 aliphatic carbocycles. The number of piperidine rings is 1. The molecule has 1 aliphatic rings. The summed E-state index contributed by atoms with van der Waals surface area (Å²) >= 11 is 0. The average molecular weight is 278 g/mol. The van der Waals surface area contributed by atoms with Crippen LogP contribution in [0.4, 0.5) is 10.5 Å². The van der Waals surface area contributed by atoms with Crippen molar-refractivity contribution in [2.45, 2.75) is 38.4 Å². The summed E-state index contributed by atoms with van der Waals surface area (Å²) in [6, 6.07) is 6.99. The molecule has 5 heteroatoms. The lowest BCUT2D eigenvalue weighted by atomic mass is 9.94. The number of benzene rings is 1. The Labute approximate surface area is 119 Å². The summed E-state index contributed by atoms with van der Waals surface area (Å²) in [5, 5.41) is 22.1. The van der Waals surface area contributed by atoms with E-state index in [0.717, 1.165) is 5.56 Å². The van der Waals surface area contributed by atoms with Crippen LogP contribution in [0.25, 0.3) is 0 Å². The average Bonchev–Trinajstić information content (AvgIpc) is 2.39. The second-order valence-corrected chi connectivity index (χ2v) is 5.71. The summed E-state index contributed by atoms with van der Waals surface area (Å²) < 4.78 is 0. The van der Waals surface area contributed by atoms with Gasteiger partial charge in [0.05, 0.1) is 11.7 Å². The topological polar surface area (TPSA) is 72.8 Å². The summed E-state index contributed by atoms with van der Waals surface area (Å²) in [5.74, 6) is 0. The van der Waals surface area contributed by atoms with E-state index in [9.17, 15) is 15.0 Å². The van der Waals surface area contributed by atoms with Crippen LogP contribution in [0.5, 0.6) is 0 Å². The van der Waals surface area contributed by atoms with Crippen molar-refractivity contribution >= 4 is 11.7 Å². The number of amides is 2. The Balaban J connectivity index is 1.91. The Kier molecular flexibility index (Phi) is 4.30. The maximum atomic E-state index is 12.1. The number of hydrogen-bond acceptors (Lipinski definition) is 3. The molecular formula is C15H22N2O3. The van der Waals surface area contributed by atoms with Crippen molar-refractivity contribution in [2.24, 2.45) is 0 Å². The third kappa shape index (κ3) is 3.71. The number of hydrogen-bond donors (Lipinski definition) is 3. The standard InChI is InChI=1S/C15H22N2O3/c1-11(18)12-3-5-13(6-4-12)16-14(19)17-9-7-15(2,20)8-10-17/h3-6,11,18,20H,7-10H2,1-2H3,(H,16,19). The number of carbonyl (C=O) groups excluding carboxylic acids is 1. The molecule has 1 saturated heterocycles. The van der Waals surface area contributed by atoms with Crippen LogP contribution in [0.2, 0.25) is 0 Å². The van der Waals surface area contributed by atoms with Gasteiger partial charge in [-0.1, -0.05) is 12.1 Å². The highest BCUT2D eigenvalue weighted by Gasteiger charge is 2.29. The Bertz CT molecular complexity index is 459. The molecule has 0 spiro atoms. The van der Waals surface area contributed by atoms with Crippen LogP contribution in [0, 0.1) is 0 Å². The number of carbonyl (C=O) groups is 1. The third-order valence-electron chi connectivity index (χ3n) is 3.77. The van der Waals surface area contributed by atoms with Crippen molar-refractivity contribution in [3.8, 4) is 0 Å². The SMILES string of the molecule is CC(O)c1ccc(NC(=O)N2CCC(C)(O)CC2)cc1. The van der Waals surface area contributed by atoms with Gasteiger partial charge in [0, 0.05) is 18.8 Å². The van der Waals surface area contributed by atoms with Gasteiger partial charge in [-0.25, -0.2) is 4.79 Å². The van der Waals surface area contributed by atoms with E-state index in [0.29, 0.717) is 31.6 Å². The lowest BCUT2D eigenvalue weighted by Crippen LogP contribution is -2.46. The highest BCUT2D eigenvalue weighted by molar-refractivity contribution is 5.89. The number of aliphatic hydroxyl groups is 2. The first kappa shape index (κ1) is 14.8. The minimum atomic E-state index is -0.657. The molecule has 20 heavy (non-hydrogen) atoms. The predicted molar refractivity (Wildman–Crippen MR) is 77.5 cm³/mol. The van der Waals surface area contributed by atoms with Gasteiger partial charge in [-0.05, 0) is 44.4 Å². The van der Waals surface area contributed by atoms with E-state index >= 15 is 0 Å². The van der Waals surface area contributed by atoms with E-state index in [1.165, 1.54) is 0 Å². The molecule has 1 aromatic carbocycles. The summed E-state index contributed by atoms with van der Waals surface area (Å²) in [4.78, 5) is 13.8. The Morgan fingerprint density at radius 3 is 2.35 bits per heavy atom. The number of anilines is 1. The number of likely N-dealkylation sites (tertiary alicyclic amines) is 1. The van der Waals surface area contributed by atoms with E-state index in [1.807, 2.05) is 0 Å². The first-order valence-corrected chi connectivity index (χ1v) is 6.94. The van der Waals surface area contributed by atoms with Gasteiger partial charge < -0.3 is 20.4 Å². The molecule has 1 aliphatic heterocycles. The van der Waals surface area contributed by atoms with E-state index in [2.05, 4.69) is 5.32 Å². The maximum Gasteiger partial charge on any atom is 0.321 e. The number of urea groups is 1. The molecule has 0 radical (unpaired) electrons. The molecule has 0 bridgehead atoms. The Hall–Kier alpha value is -1.59. The number of aliphatic hydroxyl groups excluding tert-OH is 1. The van der Waals surface area contributed by atoms with Crippen LogP contribution >= 0.6 is 0 Å². The molecule has 3 N–H and O–H groups in total. The summed E-state index contributed by atoms with van der Waals surface area (Å²) in [5.41, 5.74) is 0.865. The lowest BCUT2D eigenvalue weighted by molar-refractivity contribution is 0.00570. The summed E-state index contributed by atoms with van der Waals surface area (Å²) in [6.45, 7) is 4.62. The van der Waals surface area contributed by atoms with E-state index in [4.69, 9.17) is 0 Å². The normalized spacial score (nSPS) is 19.5. The fraction of sp³-hybridized carbons (Fsp3) is 0.533. The van der Waals surface area contributed by atoms with Gasteiger partial charge in [0.15, 0.2) is 0 Å². The molecule has 1 atom stereocenters. The van der Waals surface area contributed by atoms with Crippen molar-refractivity contribution in [1.29, 1.82) is 0 Å². The summed E-state index contributed by atoms with van der Waals surface area (Å²) in [6.07, 6.45) is 0.687. The van der Waals surface area contributed by atoms with Gasteiger partial charge in [-0.15, -0.1) is 0 Å². The highest BCUT2D eigenvalue weighted by atomic mass is 16.3. The van der Waals surface area contributed by atoms with Gasteiger partial charge in [0.25, 0.3) is 0 Å². The van der Waals surface area contributed by atoms with Gasteiger partial charge in [0.2, 0.25) is 0 Å². The van der Waals surface area contributed by atoms with Crippen molar-refractivity contribution in [1.82, 2.24) is 4.90 Å². The molecule has 1 fully saturated rings. The third-order valence-corrected chi connectivity index (χ3v) is 3.77. The molecule has 0 saturated carbocycles. The van der Waals surface area contributed by atoms with Gasteiger partial charge >= 0.3 is 6.03 Å². The minimum Gasteiger partial charge on any atom is -0.390 e. The fourth-order valence-electron chi connectivity index (χ4n) is 2.24. The zero-order chi connectivity index (χ0) is 14.8. The van der Waals surface area contributed by atoms with Crippen molar-refractivity contribution in [2.75, 3.05) is 18.4 Å². The van der Waals surface area contributed by atoms with Crippen LogP contribution in [0.15, 0.2) is 24.3 Å². The minimum absolute atomic E-state index is 0.148. The van der Waals surface area contributed by atoms with Crippen molar-refractivity contribution < 1.29 is 15.0 Å². The first-order chi connectivity index (χ1) is 9.37. The monoisotopic (exact) mass is 278 g/mol. The van der Waals surface area contributed by atoms with Gasteiger partial charge in [-0.2, -0.15) is 0 Å². The summed E-state index contributed by atoms with van der Waals surface area (Å²) in [7, 11) is 0. The van der Waals surface area contributed by atoms with Crippen molar-refractivity contribution in [3.63, 3.8) is 0 Å². The molecule has 1 heterocycles. The molecule has 1 unspecified atom stereocenters. The largest absolute Gasteiger partial charge is 0.390 e. The molecular weight excluding hydrogens is 256 g/mol. The number of rotatable bonds is 2. The zero-order valence-corrected chi connectivity index (χ0v) is 12.0. The molecule has 5 nitrogen and oxygen atoms in total. The number of nitrogens with one attached hydrogen (secondary N) is 1. The zero-order valence-electron chi connectivity index (χ0n) is 12.0. The second kappa shape index (κ2) is 5.81. The Morgan fingerprint density at radius 1 is 1.30 bits per heavy atom. The predicted octanol–water partition coefficient (Wildman–Crippen LogP) is 2.12. The van der Waals surface area contributed by atoms with Crippen LogP contribution in [-0.2, 0) is 0 Å². The second-order valence-electron chi connectivity index (χ2n) is 5.71. The van der Waals surface area contributed by atoms with E-state index in [1.54, 1.807) is 43.0 Å². The highest BCUT2D eigenvalue weighted by Crippen LogP contribution is 2.22. The molecule has 0 aromatic heterocycles. The smallest absolute Gasteiger partial charge is 0.321 e. The molecule has 2 rings (SSSR count). The number of nitrogens with zero attached hydrogens (tertiary/aromatic N) is 1. The Morgan fingerprint density at radius 2 is 1.85 bits per heavy atom. The van der Waals surface area contributed by atoms with Crippen LogP contribution in [0.3, 0.4) is 0 Å². The van der Waals surface area contributed by atoms with E-state index < -0.39 is 11.7 Å². The molecule has 2 amide bonds. The van der Waals surface area contributed by atoms with E-state index in [-0.39, 0.29) is 6.03 Å². The van der Waals surface area contributed by atoms with Crippen molar-refractivity contribution in [3.05, 3.63) is 29.8 Å². The fourth-order valence-corrected chi connectivity index (χ4v) is 2.24. The van der Waals surface area contributed by atoms with Gasteiger partial charge in [0.1, 0.15) is 0 Å².